The molecule has 1 aromatic heterocycles. The van der Waals surface area contributed by atoms with Crippen LogP contribution >= 0.6 is 11.8 Å². The standard InChI is InChI=1S/C24H30N4OS/c1-5-21(30-16(2)25-3)17-6-7-18-14-26-22(13-19(18)12-17)27-23(29)15-28(4)24-10-8-20(24)9-11-24/h5-7,12-14,20H,8-11,15H2,1-4H3,(H,26,27,29)/b21-5+,25-16?. The van der Waals surface area contributed by atoms with Crippen molar-refractivity contribution >= 4 is 44.2 Å². The molecule has 0 atom stereocenters. The maximum Gasteiger partial charge on any atom is 0.239 e. The van der Waals surface area contributed by atoms with E-state index < -0.39 is 0 Å². The molecule has 1 aromatic carbocycles. The molecule has 1 amide bonds. The van der Waals surface area contributed by atoms with Gasteiger partial charge < -0.3 is 5.32 Å². The number of carbonyl (C=O) groups excluding carboxylic acids is 1. The van der Waals surface area contributed by atoms with Crippen LogP contribution in [0.2, 0.25) is 0 Å². The van der Waals surface area contributed by atoms with Gasteiger partial charge in [0.05, 0.1) is 11.6 Å². The largest absolute Gasteiger partial charge is 0.310 e. The van der Waals surface area contributed by atoms with Crippen molar-refractivity contribution in [1.29, 1.82) is 0 Å². The Labute approximate surface area is 183 Å². The van der Waals surface area contributed by atoms with Gasteiger partial charge >= 0.3 is 0 Å². The first kappa shape index (κ1) is 21.1. The number of nitrogens with zero attached hydrogens (tertiary/aromatic N) is 3. The summed E-state index contributed by atoms with van der Waals surface area (Å²) < 4.78 is 0. The Morgan fingerprint density at radius 2 is 2.10 bits per heavy atom. The molecule has 5 nitrogen and oxygen atoms in total. The molecule has 0 unspecified atom stereocenters. The highest BCUT2D eigenvalue weighted by molar-refractivity contribution is 8.21. The number of hydrogen-bond acceptors (Lipinski definition) is 5. The van der Waals surface area contributed by atoms with E-state index in [1.807, 2.05) is 33.2 Å². The summed E-state index contributed by atoms with van der Waals surface area (Å²) in [5.74, 6) is 1.41. The maximum atomic E-state index is 12.6. The van der Waals surface area contributed by atoms with E-state index in [1.165, 1.54) is 30.6 Å². The fourth-order valence-corrected chi connectivity index (χ4v) is 5.51. The van der Waals surface area contributed by atoms with Gasteiger partial charge in [-0.25, -0.2) is 4.98 Å². The van der Waals surface area contributed by atoms with Crippen molar-refractivity contribution in [2.75, 3.05) is 26.0 Å². The minimum atomic E-state index is 0.00640. The molecule has 1 N–H and O–H groups in total. The molecule has 0 saturated heterocycles. The van der Waals surface area contributed by atoms with Crippen LogP contribution in [-0.2, 0) is 4.79 Å². The maximum absolute atomic E-state index is 12.6. The minimum Gasteiger partial charge on any atom is -0.310 e. The molecule has 2 aromatic rings. The lowest BCUT2D eigenvalue weighted by Gasteiger charge is -2.63. The molecule has 4 rings (SSSR count). The van der Waals surface area contributed by atoms with E-state index in [0.717, 1.165) is 27.3 Å². The number of hydrogen-bond donors (Lipinski definition) is 1. The highest BCUT2D eigenvalue weighted by Crippen LogP contribution is 2.56. The van der Waals surface area contributed by atoms with Gasteiger partial charge in [0.15, 0.2) is 0 Å². The second kappa shape index (κ2) is 8.52. The predicted molar refractivity (Wildman–Crippen MR) is 128 cm³/mol. The molecular formula is C24H30N4OS. The number of fused-ring (bicyclic) bond motifs is 2. The van der Waals surface area contributed by atoms with Gasteiger partial charge in [0.2, 0.25) is 5.91 Å². The number of aliphatic imine (C=N–C) groups is 1. The zero-order valence-corrected chi connectivity index (χ0v) is 19.1. The number of pyridine rings is 1. The van der Waals surface area contributed by atoms with E-state index in [0.29, 0.717) is 17.9 Å². The number of carbonyl (C=O) groups is 1. The van der Waals surface area contributed by atoms with Crippen molar-refractivity contribution in [3.8, 4) is 0 Å². The second-order valence-electron chi connectivity index (χ2n) is 8.41. The van der Waals surface area contributed by atoms with Crippen molar-refractivity contribution in [3.05, 3.63) is 42.1 Å². The SMILES string of the molecule is C/C=C(/SC(C)=NC)c1ccc2cnc(NC(=O)CN(C)C34CCC3CC4)cc2c1. The van der Waals surface area contributed by atoms with E-state index in [9.17, 15) is 4.79 Å². The quantitative estimate of drug-likeness (QED) is 0.514. The third-order valence-corrected chi connectivity index (χ3v) is 8.03. The summed E-state index contributed by atoms with van der Waals surface area (Å²) >= 11 is 1.66. The number of anilines is 1. The van der Waals surface area contributed by atoms with Crippen LogP contribution in [0.1, 0.15) is 45.1 Å². The number of amides is 1. The Kier molecular flexibility index (Phi) is 5.98. The molecule has 0 spiro atoms. The Hall–Kier alpha value is -2.18. The zero-order chi connectivity index (χ0) is 21.3. The molecule has 6 heteroatoms. The number of likely N-dealkylation sites (N-methyl/N-ethyl adjacent to an activating group) is 1. The van der Waals surface area contributed by atoms with Crippen LogP contribution in [0.3, 0.4) is 0 Å². The van der Waals surface area contributed by atoms with Gasteiger partial charge in [-0.05, 0) is 75.6 Å². The van der Waals surface area contributed by atoms with Crippen molar-refractivity contribution in [2.24, 2.45) is 10.9 Å². The molecule has 2 fully saturated rings. The van der Waals surface area contributed by atoms with Crippen LogP contribution < -0.4 is 5.32 Å². The highest BCUT2D eigenvalue weighted by Gasteiger charge is 2.55. The first-order valence-corrected chi connectivity index (χ1v) is 11.5. The molecule has 0 radical (unpaired) electrons. The average Bonchev–Trinajstić information content (AvgIpc) is 2.73. The summed E-state index contributed by atoms with van der Waals surface area (Å²) in [6, 6.07) is 8.29. The summed E-state index contributed by atoms with van der Waals surface area (Å²) in [7, 11) is 3.90. The van der Waals surface area contributed by atoms with Gasteiger partial charge in [0, 0.05) is 29.1 Å². The topological polar surface area (TPSA) is 57.6 Å². The summed E-state index contributed by atoms with van der Waals surface area (Å²) in [5.41, 5.74) is 1.44. The summed E-state index contributed by atoms with van der Waals surface area (Å²) in [5, 5.41) is 6.14. The smallest absolute Gasteiger partial charge is 0.239 e. The average molecular weight is 423 g/mol. The zero-order valence-electron chi connectivity index (χ0n) is 18.2. The molecule has 30 heavy (non-hydrogen) atoms. The molecule has 2 saturated carbocycles. The summed E-state index contributed by atoms with van der Waals surface area (Å²) in [6.45, 7) is 4.47. The third kappa shape index (κ3) is 3.91. The molecule has 1 heterocycles. The molecule has 0 bridgehead atoms. The van der Waals surface area contributed by atoms with Gasteiger partial charge in [-0.1, -0.05) is 30.0 Å². The number of allylic oxidation sites excluding steroid dienone is 1. The van der Waals surface area contributed by atoms with Gasteiger partial charge in [0.1, 0.15) is 5.82 Å². The van der Waals surface area contributed by atoms with Gasteiger partial charge in [-0.2, -0.15) is 0 Å². The van der Waals surface area contributed by atoms with Crippen LogP contribution in [0, 0.1) is 5.92 Å². The Morgan fingerprint density at radius 3 is 2.70 bits per heavy atom. The lowest BCUT2D eigenvalue weighted by atomic mass is 9.52. The first-order chi connectivity index (χ1) is 14.4. The fraction of sp³-hybridized carbons (Fsp3) is 0.458. The van der Waals surface area contributed by atoms with Crippen LogP contribution in [0.4, 0.5) is 5.82 Å². The number of aromatic nitrogens is 1. The van der Waals surface area contributed by atoms with E-state index in [-0.39, 0.29) is 5.91 Å². The number of thioether (sulfide) groups is 1. The van der Waals surface area contributed by atoms with Crippen molar-refractivity contribution in [2.45, 2.75) is 45.1 Å². The van der Waals surface area contributed by atoms with E-state index in [2.05, 4.69) is 51.5 Å². The van der Waals surface area contributed by atoms with Crippen LogP contribution in [-0.4, -0.2) is 47.0 Å². The molecule has 2 aliphatic rings. The van der Waals surface area contributed by atoms with Gasteiger partial charge in [0.25, 0.3) is 0 Å². The number of nitrogens with one attached hydrogen (secondary N) is 1. The monoisotopic (exact) mass is 422 g/mol. The second-order valence-corrected chi connectivity index (χ2v) is 9.65. The Morgan fingerprint density at radius 1 is 1.33 bits per heavy atom. The summed E-state index contributed by atoms with van der Waals surface area (Å²) in [6.07, 6.45) is 9.02. The number of benzene rings is 1. The molecule has 158 valence electrons. The van der Waals surface area contributed by atoms with Gasteiger partial charge in [-0.3, -0.25) is 14.7 Å². The lowest BCUT2D eigenvalue weighted by molar-refractivity contribution is -0.132. The number of rotatable bonds is 6. The summed E-state index contributed by atoms with van der Waals surface area (Å²) in [4.78, 5) is 24.8. The van der Waals surface area contributed by atoms with E-state index in [4.69, 9.17) is 0 Å². The van der Waals surface area contributed by atoms with E-state index >= 15 is 0 Å². The van der Waals surface area contributed by atoms with E-state index in [1.54, 1.807) is 11.8 Å². The van der Waals surface area contributed by atoms with Crippen molar-refractivity contribution in [1.82, 2.24) is 9.88 Å². The van der Waals surface area contributed by atoms with Crippen LogP contribution in [0.5, 0.6) is 0 Å². The van der Waals surface area contributed by atoms with Crippen LogP contribution in [0.15, 0.2) is 41.5 Å². The van der Waals surface area contributed by atoms with Crippen LogP contribution in [0.25, 0.3) is 15.7 Å². The fourth-order valence-electron chi connectivity index (χ4n) is 4.73. The molecule has 0 aliphatic heterocycles. The first-order valence-electron chi connectivity index (χ1n) is 10.6. The lowest BCUT2D eigenvalue weighted by Crippen LogP contribution is -2.65. The molecule has 2 aliphatic carbocycles. The van der Waals surface area contributed by atoms with Crippen molar-refractivity contribution < 1.29 is 4.79 Å². The van der Waals surface area contributed by atoms with Gasteiger partial charge in [-0.15, -0.1) is 0 Å². The third-order valence-electron chi connectivity index (χ3n) is 6.86. The Bertz CT molecular complexity index is 1020. The predicted octanol–water partition coefficient (Wildman–Crippen LogP) is 5.19. The highest BCUT2D eigenvalue weighted by atomic mass is 32.2. The minimum absolute atomic E-state index is 0.00640. The normalized spacial score (nSPS) is 23.7. The molecular weight excluding hydrogens is 392 g/mol. The Balaban J connectivity index is 1.47. The van der Waals surface area contributed by atoms with Crippen molar-refractivity contribution in [3.63, 3.8) is 0 Å².